The first-order valence-electron chi connectivity index (χ1n) is 5.31. The van der Waals surface area contributed by atoms with Gasteiger partial charge in [0.15, 0.2) is 0 Å². The van der Waals surface area contributed by atoms with Crippen molar-refractivity contribution >= 4 is 11.6 Å². The van der Waals surface area contributed by atoms with Crippen LogP contribution in [0.4, 0.5) is 0 Å². The molecule has 3 nitrogen and oxygen atoms in total. The topological polar surface area (TPSA) is 29.0 Å². The third kappa shape index (κ3) is 2.13. The van der Waals surface area contributed by atoms with Crippen LogP contribution in [0.2, 0.25) is 5.28 Å². The van der Waals surface area contributed by atoms with E-state index in [0.29, 0.717) is 11.2 Å². The van der Waals surface area contributed by atoms with Gasteiger partial charge in [-0.1, -0.05) is 13.8 Å². The third-order valence-corrected chi connectivity index (χ3v) is 2.97. The molecule has 0 N–H and O–H groups in total. The zero-order valence-electron chi connectivity index (χ0n) is 9.42. The Morgan fingerprint density at radius 1 is 1.33 bits per heavy atom. The van der Waals surface area contributed by atoms with Crippen molar-refractivity contribution in [3.63, 3.8) is 0 Å². The lowest BCUT2D eigenvalue weighted by atomic mass is 9.98. The van der Waals surface area contributed by atoms with Gasteiger partial charge in [0, 0.05) is 25.1 Å². The lowest BCUT2D eigenvalue weighted by Gasteiger charge is -2.26. The summed E-state index contributed by atoms with van der Waals surface area (Å²) >= 11 is 5.93. The first-order valence-corrected chi connectivity index (χ1v) is 5.69. The number of rotatable bonds is 1. The number of aromatic nitrogens is 2. The van der Waals surface area contributed by atoms with E-state index < -0.39 is 0 Å². The molecule has 0 bridgehead atoms. The van der Waals surface area contributed by atoms with Crippen molar-refractivity contribution in [1.82, 2.24) is 14.9 Å². The minimum absolute atomic E-state index is 0.391. The molecule has 1 aliphatic heterocycles. The number of hydrogen-bond donors (Lipinski definition) is 0. The van der Waals surface area contributed by atoms with Gasteiger partial charge in [-0.15, -0.1) is 0 Å². The molecule has 0 aliphatic carbocycles. The van der Waals surface area contributed by atoms with Gasteiger partial charge in [0.2, 0.25) is 5.28 Å². The molecular weight excluding hydrogens is 210 g/mol. The fourth-order valence-corrected chi connectivity index (χ4v) is 2.21. The second-order valence-electron chi connectivity index (χ2n) is 4.45. The van der Waals surface area contributed by atoms with Gasteiger partial charge in [0.05, 0.1) is 11.4 Å². The quantitative estimate of drug-likeness (QED) is 0.687. The normalized spacial score (nSPS) is 16.9. The molecule has 2 heterocycles. The Bertz CT molecular complexity index is 376. The van der Waals surface area contributed by atoms with Crippen LogP contribution in [0.1, 0.15) is 36.7 Å². The Balaban J connectivity index is 2.50. The average Bonchev–Trinajstić information content (AvgIpc) is 2.17. The summed E-state index contributed by atoms with van der Waals surface area (Å²) < 4.78 is 0. The molecule has 82 valence electrons. The molecule has 0 radical (unpaired) electrons. The molecule has 0 aromatic carbocycles. The van der Waals surface area contributed by atoms with Crippen molar-refractivity contribution in [2.45, 2.75) is 32.7 Å². The second kappa shape index (κ2) is 4.06. The number of halogens is 1. The van der Waals surface area contributed by atoms with E-state index in [1.54, 1.807) is 0 Å². The predicted octanol–water partition coefficient (Wildman–Crippen LogP) is 2.24. The number of likely N-dealkylation sites (N-methyl/N-ethyl adjacent to an activating group) is 1. The highest BCUT2D eigenvalue weighted by Gasteiger charge is 2.21. The van der Waals surface area contributed by atoms with E-state index in [-0.39, 0.29) is 0 Å². The van der Waals surface area contributed by atoms with Crippen molar-refractivity contribution in [2.24, 2.45) is 0 Å². The molecular formula is C11H16ClN3. The van der Waals surface area contributed by atoms with Crippen molar-refractivity contribution in [1.29, 1.82) is 0 Å². The highest BCUT2D eigenvalue weighted by atomic mass is 35.5. The summed E-state index contributed by atoms with van der Waals surface area (Å²) in [6.07, 6.45) is 0.980. The fraction of sp³-hybridized carbons (Fsp3) is 0.636. The minimum Gasteiger partial charge on any atom is -0.302 e. The first kappa shape index (κ1) is 10.8. The summed E-state index contributed by atoms with van der Waals surface area (Å²) in [7, 11) is 2.13. The van der Waals surface area contributed by atoms with Gasteiger partial charge >= 0.3 is 0 Å². The molecule has 0 atom stereocenters. The maximum atomic E-state index is 5.93. The first-order chi connectivity index (χ1) is 7.08. The SMILES string of the molecule is CC(C)c1nc(Cl)nc2c1CN(C)CC2. The van der Waals surface area contributed by atoms with Crippen molar-refractivity contribution in [3.05, 3.63) is 22.2 Å². The zero-order valence-corrected chi connectivity index (χ0v) is 10.2. The Kier molecular flexibility index (Phi) is 2.94. The van der Waals surface area contributed by atoms with E-state index in [1.807, 2.05) is 0 Å². The molecule has 4 heteroatoms. The molecule has 1 aromatic rings. The minimum atomic E-state index is 0.391. The van der Waals surface area contributed by atoms with Crippen LogP contribution in [0, 0.1) is 0 Å². The van der Waals surface area contributed by atoms with E-state index in [0.717, 1.165) is 30.9 Å². The van der Waals surface area contributed by atoms with Crippen LogP contribution in [0.25, 0.3) is 0 Å². The van der Waals surface area contributed by atoms with Crippen LogP contribution >= 0.6 is 11.6 Å². The Morgan fingerprint density at radius 3 is 2.73 bits per heavy atom. The van der Waals surface area contributed by atoms with Crippen LogP contribution in [0.3, 0.4) is 0 Å². The molecule has 0 unspecified atom stereocenters. The monoisotopic (exact) mass is 225 g/mol. The summed E-state index contributed by atoms with van der Waals surface area (Å²) in [6.45, 7) is 6.29. The second-order valence-corrected chi connectivity index (χ2v) is 4.78. The highest BCUT2D eigenvalue weighted by Crippen LogP contribution is 2.25. The summed E-state index contributed by atoms with van der Waals surface area (Å²) in [5, 5.41) is 0.391. The maximum Gasteiger partial charge on any atom is 0.222 e. The van der Waals surface area contributed by atoms with Gasteiger partial charge in [-0.25, -0.2) is 9.97 Å². The summed E-state index contributed by atoms with van der Waals surface area (Å²) in [6, 6.07) is 0. The lowest BCUT2D eigenvalue weighted by Crippen LogP contribution is -2.29. The number of nitrogens with zero attached hydrogens (tertiary/aromatic N) is 3. The van der Waals surface area contributed by atoms with Gasteiger partial charge in [-0.05, 0) is 24.6 Å². The van der Waals surface area contributed by atoms with Crippen molar-refractivity contribution in [2.75, 3.05) is 13.6 Å². The molecule has 1 aliphatic rings. The smallest absolute Gasteiger partial charge is 0.222 e. The fourth-order valence-electron chi connectivity index (χ4n) is 2.02. The molecule has 0 fully saturated rings. The lowest BCUT2D eigenvalue weighted by molar-refractivity contribution is 0.306. The van der Waals surface area contributed by atoms with Crippen LogP contribution in [-0.2, 0) is 13.0 Å². The molecule has 1 aromatic heterocycles. The van der Waals surface area contributed by atoms with Crippen LogP contribution < -0.4 is 0 Å². The largest absolute Gasteiger partial charge is 0.302 e. The zero-order chi connectivity index (χ0) is 11.0. The van der Waals surface area contributed by atoms with Crippen molar-refractivity contribution < 1.29 is 0 Å². The van der Waals surface area contributed by atoms with Crippen LogP contribution in [0.5, 0.6) is 0 Å². The van der Waals surface area contributed by atoms with Gasteiger partial charge in [0.25, 0.3) is 0 Å². The van der Waals surface area contributed by atoms with E-state index in [4.69, 9.17) is 11.6 Å². The Labute approximate surface area is 95.5 Å². The number of fused-ring (bicyclic) bond motifs is 1. The summed E-state index contributed by atoms with van der Waals surface area (Å²) in [5.41, 5.74) is 3.52. The van der Waals surface area contributed by atoms with E-state index in [2.05, 4.69) is 35.8 Å². The predicted molar refractivity (Wildman–Crippen MR) is 61.2 cm³/mol. The van der Waals surface area contributed by atoms with E-state index in [1.165, 1.54) is 5.56 Å². The third-order valence-electron chi connectivity index (χ3n) is 2.80. The van der Waals surface area contributed by atoms with Crippen LogP contribution in [-0.4, -0.2) is 28.5 Å². The van der Waals surface area contributed by atoms with Gasteiger partial charge in [0.1, 0.15) is 0 Å². The van der Waals surface area contributed by atoms with Crippen LogP contribution in [0.15, 0.2) is 0 Å². The highest BCUT2D eigenvalue weighted by molar-refractivity contribution is 6.28. The van der Waals surface area contributed by atoms with E-state index in [9.17, 15) is 0 Å². The molecule has 0 saturated carbocycles. The van der Waals surface area contributed by atoms with Gasteiger partial charge in [-0.3, -0.25) is 0 Å². The van der Waals surface area contributed by atoms with E-state index >= 15 is 0 Å². The molecule has 0 spiro atoms. The summed E-state index contributed by atoms with van der Waals surface area (Å²) in [5.74, 6) is 0.408. The summed E-state index contributed by atoms with van der Waals surface area (Å²) in [4.78, 5) is 11.0. The average molecular weight is 226 g/mol. The Morgan fingerprint density at radius 2 is 2.07 bits per heavy atom. The standard InChI is InChI=1S/C11H16ClN3/c1-7(2)10-8-6-15(3)5-4-9(8)13-11(12)14-10/h7H,4-6H2,1-3H3. The molecule has 2 rings (SSSR count). The van der Waals surface area contributed by atoms with Gasteiger partial charge in [-0.2, -0.15) is 0 Å². The van der Waals surface area contributed by atoms with Crippen molar-refractivity contribution in [3.8, 4) is 0 Å². The molecule has 15 heavy (non-hydrogen) atoms. The molecule has 0 amide bonds. The Hall–Kier alpha value is -0.670. The number of hydrogen-bond acceptors (Lipinski definition) is 3. The molecule has 0 saturated heterocycles. The maximum absolute atomic E-state index is 5.93. The van der Waals surface area contributed by atoms with Gasteiger partial charge < -0.3 is 4.90 Å².